The fourth-order valence-electron chi connectivity index (χ4n) is 2.56. The van der Waals surface area contributed by atoms with Crippen LogP contribution in [0.2, 0.25) is 0 Å². The maximum atomic E-state index is 11.7. The molecule has 0 bridgehead atoms. The first-order chi connectivity index (χ1) is 10.8. The topological polar surface area (TPSA) is 61.9 Å². The van der Waals surface area contributed by atoms with Crippen LogP contribution in [0.3, 0.4) is 0 Å². The molecule has 0 radical (unpaired) electrons. The lowest BCUT2D eigenvalue weighted by molar-refractivity contribution is -0.115. The molecule has 1 aromatic carbocycles. The van der Waals surface area contributed by atoms with Gasteiger partial charge >= 0.3 is 6.09 Å². The Bertz CT molecular complexity index is 581. The predicted molar refractivity (Wildman–Crippen MR) is 90.9 cm³/mol. The minimum atomic E-state index is -0.497. The van der Waals surface area contributed by atoms with Crippen LogP contribution >= 0.6 is 0 Å². The zero-order chi connectivity index (χ0) is 17.0. The second-order valence-electron chi connectivity index (χ2n) is 6.72. The van der Waals surface area contributed by atoms with Gasteiger partial charge in [-0.15, -0.1) is 0 Å². The van der Waals surface area contributed by atoms with Gasteiger partial charge in [-0.05, 0) is 39.8 Å². The van der Waals surface area contributed by atoms with Crippen molar-refractivity contribution in [2.24, 2.45) is 0 Å². The number of hydrogen-bond donors (Lipinski definition) is 1. The summed E-state index contributed by atoms with van der Waals surface area (Å²) in [5, 5.41) is 2.76. The largest absolute Gasteiger partial charge is 0.444 e. The van der Waals surface area contributed by atoms with Crippen molar-refractivity contribution in [2.45, 2.75) is 33.3 Å². The van der Waals surface area contributed by atoms with Crippen molar-refractivity contribution >= 4 is 23.3 Å². The van der Waals surface area contributed by atoms with Crippen molar-refractivity contribution in [2.75, 3.05) is 36.1 Å². The van der Waals surface area contributed by atoms with Crippen LogP contribution in [0.25, 0.3) is 0 Å². The summed E-state index contributed by atoms with van der Waals surface area (Å²) in [6.45, 7) is 9.29. The number of amides is 1. The lowest BCUT2D eigenvalue weighted by Crippen LogP contribution is -2.40. The highest BCUT2D eigenvalue weighted by Gasteiger charge is 2.25. The molecule has 0 atom stereocenters. The molecule has 0 aromatic heterocycles. The van der Waals surface area contributed by atoms with E-state index in [2.05, 4.69) is 10.2 Å². The zero-order valence-electron chi connectivity index (χ0n) is 14.3. The third-order valence-corrected chi connectivity index (χ3v) is 3.37. The summed E-state index contributed by atoms with van der Waals surface area (Å²) in [7, 11) is 0. The van der Waals surface area contributed by atoms with Gasteiger partial charge in [0, 0.05) is 13.1 Å². The van der Waals surface area contributed by atoms with Gasteiger partial charge in [0.15, 0.2) is 0 Å². The molecule has 0 unspecified atom stereocenters. The third-order valence-electron chi connectivity index (χ3n) is 3.37. The molecule has 2 rings (SSSR count). The number of ketones is 1. The Morgan fingerprint density at radius 2 is 1.78 bits per heavy atom. The number of ether oxygens (including phenoxy) is 1. The average molecular weight is 319 g/mol. The van der Waals surface area contributed by atoms with Crippen molar-refractivity contribution in [1.29, 1.82) is 0 Å². The molecule has 1 aliphatic rings. The standard InChI is InChI=1S/C17H25N3O3/c1-13(21)11-20-12-19(14-7-5-6-8-15(14)20)10-9-18-16(22)23-17(2,3)4/h5-8H,9-12H2,1-4H3,(H,18,22). The summed E-state index contributed by atoms with van der Waals surface area (Å²) < 4.78 is 5.22. The van der Waals surface area contributed by atoms with E-state index in [1.54, 1.807) is 6.92 Å². The molecule has 1 amide bonds. The number of carbonyl (C=O) groups is 2. The number of alkyl carbamates (subject to hydrolysis) is 1. The van der Waals surface area contributed by atoms with Gasteiger partial charge < -0.3 is 19.9 Å². The van der Waals surface area contributed by atoms with Crippen molar-refractivity contribution in [3.63, 3.8) is 0 Å². The van der Waals surface area contributed by atoms with Gasteiger partial charge in [-0.3, -0.25) is 4.79 Å². The Morgan fingerprint density at radius 3 is 2.35 bits per heavy atom. The lowest BCUT2D eigenvalue weighted by atomic mass is 10.2. The van der Waals surface area contributed by atoms with Gasteiger partial charge in [-0.25, -0.2) is 4.79 Å². The number of fused-ring (bicyclic) bond motifs is 1. The molecule has 1 aliphatic heterocycles. The quantitative estimate of drug-likeness (QED) is 0.903. The molecule has 6 nitrogen and oxygen atoms in total. The number of carbonyl (C=O) groups excluding carboxylic acids is 2. The fraction of sp³-hybridized carbons (Fsp3) is 0.529. The molecule has 0 saturated heterocycles. The van der Waals surface area contributed by atoms with Gasteiger partial charge in [0.25, 0.3) is 0 Å². The van der Waals surface area contributed by atoms with E-state index >= 15 is 0 Å². The number of nitrogens with one attached hydrogen (secondary N) is 1. The first kappa shape index (κ1) is 17.1. The summed E-state index contributed by atoms with van der Waals surface area (Å²) in [4.78, 5) is 27.3. The molecule has 23 heavy (non-hydrogen) atoms. The van der Waals surface area contributed by atoms with E-state index in [0.717, 1.165) is 11.4 Å². The summed E-state index contributed by atoms with van der Waals surface area (Å²) in [5.41, 5.74) is 1.64. The van der Waals surface area contributed by atoms with Crippen molar-refractivity contribution in [1.82, 2.24) is 5.32 Å². The van der Waals surface area contributed by atoms with Crippen molar-refractivity contribution < 1.29 is 14.3 Å². The highest BCUT2D eigenvalue weighted by molar-refractivity contribution is 5.85. The SMILES string of the molecule is CC(=O)CN1CN(CCNC(=O)OC(C)(C)C)c2ccccc21. The number of para-hydroxylation sites is 2. The number of anilines is 2. The zero-order valence-corrected chi connectivity index (χ0v) is 14.3. The summed E-state index contributed by atoms with van der Waals surface area (Å²) in [6, 6.07) is 7.99. The Balaban J connectivity index is 1.91. The summed E-state index contributed by atoms with van der Waals surface area (Å²) >= 11 is 0. The third kappa shape index (κ3) is 4.87. The first-order valence-corrected chi connectivity index (χ1v) is 7.81. The van der Waals surface area contributed by atoms with Crippen LogP contribution in [0.1, 0.15) is 27.7 Å². The Labute approximate surface area is 137 Å². The number of rotatable bonds is 5. The normalized spacial score (nSPS) is 13.7. The Hall–Kier alpha value is -2.24. The van der Waals surface area contributed by atoms with E-state index < -0.39 is 11.7 Å². The molecule has 6 heteroatoms. The first-order valence-electron chi connectivity index (χ1n) is 7.81. The van der Waals surface area contributed by atoms with Crippen LogP contribution < -0.4 is 15.1 Å². The van der Waals surface area contributed by atoms with Gasteiger partial charge in [0.05, 0.1) is 24.6 Å². The van der Waals surface area contributed by atoms with Crippen molar-refractivity contribution in [3.05, 3.63) is 24.3 Å². The molecule has 0 saturated carbocycles. The molecular formula is C17H25N3O3. The minimum absolute atomic E-state index is 0.133. The minimum Gasteiger partial charge on any atom is -0.444 e. The van der Waals surface area contributed by atoms with Crippen LogP contribution in [0, 0.1) is 0 Å². The molecule has 1 aromatic rings. The van der Waals surface area contributed by atoms with Gasteiger partial charge in [-0.1, -0.05) is 12.1 Å². The van der Waals surface area contributed by atoms with Crippen LogP contribution in [0.5, 0.6) is 0 Å². The lowest BCUT2D eigenvalue weighted by Gasteiger charge is -2.22. The number of nitrogens with zero attached hydrogens (tertiary/aromatic N) is 2. The maximum Gasteiger partial charge on any atom is 0.407 e. The molecule has 0 aliphatic carbocycles. The van der Waals surface area contributed by atoms with E-state index in [0.29, 0.717) is 26.3 Å². The monoisotopic (exact) mass is 319 g/mol. The maximum absolute atomic E-state index is 11.7. The number of Topliss-reactive ketones (excluding diaryl/α,β-unsaturated/α-hetero) is 1. The van der Waals surface area contributed by atoms with Gasteiger partial charge in [0.1, 0.15) is 11.4 Å². The van der Waals surface area contributed by atoms with Crippen LogP contribution in [0.4, 0.5) is 16.2 Å². The fourth-order valence-corrected chi connectivity index (χ4v) is 2.56. The van der Waals surface area contributed by atoms with E-state index in [9.17, 15) is 9.59 Å². The van der Waals surface area contributed by atoms with Gasteiger partial charge in [0.2, 0.25) is 0 Å². The molecular weight excluding hydrogens is 294 g/mol. The van der Waals surface area contributed by atoms with E-state index in [4.69, 9.17) is 4.74 Å². The Kier molecular flexibility index (Phi) is 5.13. The van der Waals surface area contributed by atoms with E-state index in [1.165, 1.54) is 0 Å². The Morgan fingerprint density at radius 1 is 1.17 bits per heavy atom. The second-order valence-corrected chi connectivity index (χ2v) is 6.72. The highest BCUT2D eigenvalue weighted by atomic mass is 16.6. The predicted octanol–water partition coefficient (Wildman–Crippen LogP) is 2.38. The number of hydrogen-bond acceptors (Lipinski definition) is 5. The smallest absolute Gasteiger partial charge is 0.407 e. The number of benzene rings is 1. The van der Waals surface area contributed by atoms with E-state index in [1.807, 2.05) is 49.9 Å². The molecule has 0 spiro atoms. The van der Waals surface area contributed by atoms with Crippen LogP contribution in [-0.4, -0.2) is 43.8 Å². The summed E-state index contributed by atoms with van der Waals surface area (Å²) in [6.07, 6.45) is -0.412. The van der Waals surface area contributed by atoms with Crippen LogP contribution in [-0.2, 0) is 9.53 Å². The molecule has 0 fully saturated rings. The summed E-state index contributed by atoms with van der Waals surface area (Å²) in [5.74, 6) is 0.133. The molecule has 1 N–H and O–H groups in total. The van der Waals surface area contributed by atoms with Crippen LogP contribution in [0.15, 0.2) is 24.3 Å². The molecule has 1 heterocycles. The van der Waals surface area contributed by atoms with Gasteiger partial charge in [-0.2, -0.15) is 0 Å². The second kappa shape index (κ2) is 6.89. The highest BCUT2D eigenvalue weighted by Crippen LogP contribution is 2.34. The molecule has 126 valence electrons. The van der Waals surface area contributed by atoms with Crippen molar-refractivity contribution in [3.8, 4) is 0 Å². The van der Waals surface area contributed by atoms with E-state index in [-0.39, 0.29) is 5.78 Å². The average Bonchev–Trinajstić information content (AvgIpc) is 2.75.